The van der Waals surface area contributed by atoms with Crippen LogP contribution in [-0.4, -0.2) is 18.0 Å². The van der Waals surface area contributed by atoms with E-state index in [2.05, 4.69) is 10.3 Å². The van der Waals surface area contributed by atoms with E-state index < -0.39 is 0 Å². The highest BCUT2D eigenvalue weighted by Crippen LogP contribution is 2.40. The number of thiazole rings is 1. The number of anilines is 1. The number of amides is 1. The molecule has 1 aliphatic carbocycles. The van der Waals surface area contributed by atoms with Crippen molar-refractivity contribution in [3.8, 4) is 5.75 Å². The van der Waals surface area contributed by atoms with E-state index in [9.17, 15) is 4.79 Å². The molecule has 4 nitrogen and oxygen atoms in total. The number of carbonyl (C=O) groups excluding carboxylic acids is 1. The molecule has 1 heterocycles. The molecule has 0 saturated heterocycles. The largest absolute Gasteiger partial charge is 0.496 e. The number of hydrogen-bond donors (Lipinski definition) is 1. The summed E-state index contributed by atoms with van der Waals surface area (Å²) < 4.78 is 5.24. The Labute approximate surface area is 127 Å². The quantitative estimate of drug-likeness (QED) is 0.857. The van der Waals surface area contributed by atoms with Gasteiger partial charge in [-0.05, 0) is 25.0 Å². The van der Waals surface area contributed by atoms with E-state index in [0.29, 0.717) is 11.0 Å². The molecule has 0 spiro atoms. The SMILES string of the molecule is COc1ccccc1/C=C/C(=O)Nc1nc(C2CC2)cs1. The lowest BCUT2D eigenvalue weighted by molar-refractivity contribution is -0.111. The summed E-state index contributed by atoms with van der Waals surface area (Å²) in [6, 6.07) is 7.56. The maximum Gasteiger partial charge on any atom is 0.250 e. The molecule has 0 radical (unpaired) electrons. The van der Waals surface area contributed by atoms with Crippen molar-refractivity contribution in [1.82, 2.24) is 4.98 Å². The van der Waals surface area contributed by atoms with Gasteiger partial charge in [0.1, 0.15) is 5.75 Å². The van der Waals surface area contributed by atoms with E-state index in [0.717, 1.165) is 17.0 Å². The highest BCUT2D eigenvalue weighted by atomic mass is 32.1. The minimum absolute atomic E-state index is 0.183. The van der Waals surface area contributed by atoms with Crippen molar-refractivity contribution in [3.63, 3.8) is 0 Å². The predicted molar refractivity (Wildman–Crippen MR) is 84.7 cm³/mol. The average Bonchev–Trinajstić information content (AvgIpc) is 3.26. The summed E-state index contributed by atoms with van der Waals surface area (Å²) in [5.74, 6) is 1.17. The normalized spacial score (nSPS) is 14.3. The molecule has 3 rings (SSSR count). The third kappa shape index (κ3) is 3.49. The summed E-state index contributed by atoms with van der Waals surface area (Å²) in [6.07, 6.45) is 5.66. The van der Waals surface area contributed by atoms with Gasteiger partial charge in [-0.15, -0.1) is 11.3 Å². The molecule has 2 aromatic rings. The second kappa shape index (κ2) is 6.10. The standard InChI is InChI=1S/C16H16N2O2S/c1-20-14-5-3-2-4-12(14)8-9-15(19)18-16-17-13(10-21-16)11-6-7-11/h2-5,8-11H,6-7H2,1H3,(H,17,18,19)/b9-8+. The number of carbonyl (C=O) groups is 1. The number of nitrogens with one attached hydrogen (secondary N) is 1. The summed E-state index contributed by atoms with van der Waals surface area (Å²) >= 11 is 1.47. The summed E-state index contributed by atoms with van der Waals surface area (Å²) in [5.41, 5.74) is 1.97. The Morgan fingerprint density at radius 2 is 2.24 bits per heavy atom. The van der Waals surface area contributed by atoms with Gasteiger partial charge in [0.25, 0.3) is 0 Å². The van der Waals surface area contributed by atoms with E-state index in [1.165, 1.54) is 30.3 Å². The van der Waals surface area contributed by atoms with Crippen LogP contribution < -0.4 is 10.1 Å². The number of methoxy groups -OCH3 is 1. The molecule has 0 unspecified atom stereocenters. The lowest BCUT2D eigenvalue weighted by Gasteiger charge is -2.03. The smallest absolute Gasteiger partial charge is 0.250 e. The van der Waals surface area contributed by atoms with Crippen molar-refractivity contribution < 1.29 is 9.53 Å². The van der Waals surface area contributed by atoms with E-state index in [1.807, 2.05) is 29.6 Å². The molecule has 5 heteroatoms. The van der Waals surface area contributed by atoms with Gasteiger partial charge in [0, 0.05) is 22.9 Å². The van der Waals surface area contributed by atoms with Crippen LogP contribution >= 0.6 is 11.3 Å². The number of benzene rings is 1. The number of ether oxygens (including phenoxy) is 1. The Morgan fingerprint density at radius 3 is 3.00 bits per heavy atom. The average molecular weight is 300 g/mol. The monoisotopic (exact) mass is 300 g/mol. The molecular formula is C16H16N2O2S. The Bertz CT molecular complexity index is 674. The highest BCUT2D eigenvalue weighted by molar-refractivity contribution is 7.14. The number of para-hydroxylation sites is 1. The fraction of sp³-hybridized carbons (Fsp3) is 0.250. The maximum absolute atomic E-state index is 11.9. The third-order valence-corrected chi connectivity index (χ3v) is 4.08. The predicted octanol–water partition coefficient (Wildman–Crippen LogP) is 3.68. The van der Waals surface area contributed by atoms with Crippen molar-refractivity contribution in [2.75, 3.05) is 12.4 Å². The Morgan fingerprint density at radius 1 is 1.43 bits per heavy atom. The summed E-state index contributed by atoms with van der Waals surface area (Å²) in [4.78, 5) is 16.3. The molecule has 108 valence electrons. The van der Waals surface area contributed by atoms with Crippen molar-refractivity contribution in [2.45, 2.75) is 18.8 Å². The number of nitrogens with zero attached hydrogens (tertiary/aromatic N) is 1. The first-order valence-corrected chi connectivity index (χ1v) is 7.72. The Kier molecular flexibility index (Phi) is 4.01. The molecule has 1 amide bonds. The number of rotatable bonds is 5. The topological polar surface area (TPSA) is 51.2 Å². The summed E-state index contributed by atoms with van der Waals surface area (Å²) in [6.45, 7) is 0. The molecule has 0 bridgehead atoms. The van der Waals surface area contributed by atoms with Crippen LogP contribution in [0.2, 0.25) is 0 Å². The van der Waals surface area contributed by atoms with Gasteiger partial charge in [-0.3, -0.25) is 10.1 Å². The zero-order chi connectivity index (χ0) is 14.7. The van der Waals surface area contributed by atoms with Gasteiger partial charge in [0.05, 0.1) is 12.8 Å². The molecule has 1 aromatic heterocycles. The lowest BCUT2D eigenvalue weighted by atomic mass is 10.2. The maximum atomic E-state index is 11.9. The van der Waals surface area contributed by atoms with Gasteiger partial charge in [-0.25, -0.2) is 4.98 Å². The van der Waals surface area contributed by atoms with Crippen molar-refractivity contribution >= 4 is 28.5 Å². The molecule has 1 fully saturated rings. The molecular weight excluding hydrogens is 284 g/mol. The molecule has 1 aliphatic rings. The molecule has 1 saturated carbocycles. The zero-order valence-electron chi connectivity index (χ0n) is 11.7. The zero-order valence-corrected chi connectivity index (χ0v) is 12.5. The van der Waals surface area contributed by atoms with Crippen LogP contribution in [0.25, 0.3) is 6.08 Å². The van der Waals surface area contributed by atoms with Crippen LogP contribution in [-0.2, 0) is 4.79 Å². The molecule has 1 aromatic carbocycles. The fourth-order valence-electron chi connectivity index (χ4n) is 2.03. The Balaban J connectivity index is 1.63. The molecule has 1 N–H and O–H groups in total. The van der Waals surface area contributed by atoms with Crippen molar-refractivity contribution in [2.24, 2.45) is 0 Å². The minimum Gasteiger partial charge on any atom is -0.496 e. The van der Waals surface area contributed by atoms with Crippen molar-refractivity contribution in [3.05, 3.63) is 47.0 Å². The van der Waals surface area contributed by atoms with E-state index in [1.54, 1.807) is 13.2 Å². The first-order valence-electron chi connectivity index (χ1n) is 6.84. The fourth-order valence-corrected chi connectivity index (χ4v) is 2.82. The summed E-state index contributed by atoms with van der Waals surface area (Å²) in [7, 11) is 1.61. The van der Waals surface area contributed by atoms with Crippen molar-refractivity contribution in [1.29, 1.82) is 0 Å². The van der Waals surface area contributed by atoms with Crippen LogP contribution in [0.15, 0.2) is 35.7 Å². The third-order valence-electron chi connectivity index (χ3n) is 3.30. The van der Waals surface area contributed by atoms with Crippen LogP contribution in [0, 0.1) is 0 Å². The van der Waals surface area contributed by atoms with Crippen LogP contribution in [0.4, 0.5) is 5.13 Å². The number of hydrogen-bond acceptors (Lipinski definition) is 4. The van der Waals surface area contributed by atoms with Gasteiger partial charge in [0.15, 0.2) is 5.13 Å². The van der Waals surface area contributed by atoms with Gasteiger partial charge in [0.2, 0.25) is 5.91 Å². The first kappa shape index (κ1) is 13.8. The van der Waals surface area contributed by atoms with E-state index >= 15 is 0 Å². The second-order valence-electron chi connectivity index (χ2n) is 4.92. The van der Waals surface area contributed by atoms with E-state index in [4.69, 9.17) is 4.74 Å². The molecule has 0 aliphatic heterocycles. The van der Waals surface area contributed by atoms with Crippen LogP contribution in [0.3, 0.4) is 0 Å². The van der Waals surface area contributed by atoms with Gasteiger partial charge in [-0.1, -0.05) is 18.2 Å². The number of aromatic nitrogens is 1. The second-order valence-corrected chi connectivity index (χ2v) is 5.77. The summed E-state index contributed by atoms with van der Waals surface area (Å²) in [5, 5.41) is 5.48. The van der Waals surface area contributed by atoms with Crippen LogP contribution in [0.5, 0.6) is 5.75 Å². The Hall–Kier alpha value is -2.14. The first-order chi connectivity index (χ1) is 10.3. The van der Waals surface area contributed by atoms with Gasteiger partial charge < -0.3 is 4.74 Å². The van der Waals surface area contributed by atoms with E-state index in [-0.39, 0.29) is 5.91 Å². The molecule has 0 atom stereocenters. The molecule has 21 heavy (non-hydrogen) atoms. The van der Waals surface area contributed by atoms with Crippen LogP contribution in [0.1, 0.15) is 30.0 Å². The highest BCUT2D eigenvalue weighted by Gasteiger charge is 2.26. The lowest BCUT2D eigenvalue weighted by Crippen LogP contribution is -2.07. The van der Waals surface area contributed by atoms with Gasteiger partial charge >= 0.3 is 0 Å². The minimum atomic E-state index is -0.183. The van der Waals surface area contributed by atoms with Gasteiger partial charge in [-0.2, -0.15) is 0 Å².